The summed E-state index contributed by atoms with van der Waals surface area (Å²) in [4.78, 5) is 11.3. The van der Waals surface area contributed by atoms with E-state index >= 15 is 0 Å². The zero-order valence-corrected chi connectivity index (χ0v) is 8.33. The summed E-state index contributed by atoms with van der Waals surface area (Å²) in [5, 5.41) is 0. The lowest BCUT2D eigenvalue weighted by molar-refractivity contribution is 0.0526. The van der Waals surface area contributed by atoms with Gasteiger partial charge in [0.2, 0.25) is 0 Å². The molecule has 76 valence electrons. The van der Waals surface area contributed by atoms with E-state index in [1.54, 1.807) is 26.0 Å². The summed E-state index contributed by atoms with van der Waals surface area (Å²) in [7, 11) is 0. The molecule has 4 N–H and O–H groups in total. The van der Waals surface area contributed by atoms with Gasteiger partial charge in [0.15, 0.2) is 0 Å². The van der Waals surface area contributed by atoms with Gasteiger partial charge in [-0.15, -0.1) is 0 Å². The molecular formula is C10H14N2O2. The second kappa shape index (κ2) is 4.00. The van der Waals surface area contributed by atoms with Crippen LogP contribution >= 0.6 is 0 Å². The van der Waals surface area contributed by atoms with E-state index in [4.69, 9.17) is 16.2 Å². The van der Waals surface area contributed by atoms with Crippen molar-refractivity contribution in [2.24, 2.45) is 0 Å². The first-order chi connectivity index (χ1) is 6.56. The van der Waals surface area contributed by atoms with Crippen LogP contribution in [0.5, 0.6) is 0 Å². The van der Waals surface area contributed by atoms with Crippen molar-refractivity contribution in [2.75, 3.05) is 18.1 Å². The van der Waals surface area contributed by atoms with E-state index in [9.17, 15) is 4.79 Å². The molecule has 0 radical (unpaired) electrons. The van der Waals surface area contributed by atoms with E-state index in [0.717, 1.165) is 5.56 Å². The van der Waals surface area contributed by atoms with Crippen LogP contribution in [0.4, 0.5) is 11.4 Å². The van der Waals surface area contributed by atoms with Crippen molar-refractivity contribution in [3.63, 3.8) is 0 Å². The van der Waals surface area contributed by atoms with Gasteiger partial charge in [-0.3, -0.25) is 0 Å². The number of anilines is 2. The van der Waals surface area contributed by atoms with Gasteiger partial charge in [-0.25, -0.2) is 4.79 Å². The third kappa shape index (κ3) is 1.96. The maximum absolute atomic E-state index is 11.3. The molecule has 0 amide bonds. The molecule has 0 fully saturated rings. The first kappa shape index (κ1) is 10.4. The molecule has 0 atom stereocenters. The highest BCUT2D eigenvalue weighted by atomic mass is 16.5. The Kier molecular flexibility index (Phi) is 2.96. The van der Waals surface area contributed by atoms with Crippen LogP contribution < -0.4 is 11.5 Å². The van der Waals surface area contributed by atoms with E-state index < -0.39 is 5.97 Å². The molecule has 0 saturated carbocycles. The quantitative estimate of drug-likeness (QED) is 0.550. The van der Waals surface area contributed by atoms with E-state index in [2.05, 4.69) is 0 Å². The van der Waals surface area contributed by atoms with Crippen molar-refractivity contribution in [1.29, 1.82) is 0 Å². The van der Waals surface area contributed by atoms with Crippen molar-refractivity contribution in [1.82, 2.24) is 0 Å². The molecule has 1 aromatic carbocycles. The molecule has 0 unspecified atom stereocenters. The Balaban J connectivity index is 3.06. The molecule has 4 heteroatoms. The van der Waals surface area contributed by atoms with Crippen LogP contribution in [0.3, 0.4) is 0 Å². The SMILES string of the molecule is CCOC(=O)c1cc(N)c(C)c(N)c1. The second-order valence-corrected chi connectivity index (χ2v) is 3.00. The number of carbonyl (C=O) groups is 1. The van der Waals surface area contributed by atoms with Crippen molar-refractivity contribution in [2.45, 2.75) is 13.8 Å². The van der Waals surface area contributed by atoms with Gasteiger partial charge in [0, 0.05) is 11.4 Å². The minimum Gasteiger partial charge on any atom is -0.462 e. The molecule has 0 saturated heterocycles. The van der Waals surface area contributed by atoms with Crippen molar-refractivity contribution in [3.05, 3.63) is 23.3 Å². The number of esters is 1. The third-order valence-corrected chi connectivity index (χ3v) is 2.00. The van der Waals surface area contributed by atoms with E-state index in [-0.39, 0.29) is 0 Å². The molecule has 0 aromatic heterocycles. The second-order valence-electron chi connectivity index (χ2n) is 3.00. The fourth-order valence-electron chi connectivity index (χ4n) is 1.09. The predicted molar refractivity (Wildman–Crippen MR) is 56.0 cm³/mol. The number of rotatable bonds is 2. The van der Waals surface area contributed by atoms with Gasteiger partial charge in [-0.1, -0.05) is 0 Å². The molecule has 0 aliphatic heterocycles. The van der Waals surface area contributed by atoms with Gasteiger partial charge in [0.1, 0.15) is 0 Å². The minimum atomic E-state index is -0.397. The Bertz CT molecular complexity index is 338. The van der Waals surface area contributed by atoms with Crippen LogP contribution in [0.1, 0.15) is 22.8 Å². The Hall–Kier alpha value is -1.71. The molecule has 0 spiro atoms. The highest BCUT2D eigenvalue weighted by Gasteiger charge is 2.09. The summed E-state index contributed by atoms with van der Waals surface area (Å²) in [6.07, 6.45) is 0. The zero-order valence-electron chi connectivity index (χ0n) is 8.33. The highest BCUT2D eigenvalue weighted by molar-refractivity contribution is 5.92. The lowest BCUT2D eigenvalue weighted by Crippen LogP contribution is -2.07. The summed E-state index contributed by atoms with van der Waals surface area (Å²) in [6, 6.07) is 3.15. The molecule has 0 bridgehead atoms. The molecular weight excluding hydrogens is 180 g/mol. The topological polar surface area (TPSA) is 78.3 Å². The smallest absolute Gasteiger partial charge is 0.338 e. The van der Waals surface area contributed by atoms with E-state index in [1.807, 2.05) is 0 Å². The van der Waals surface area contributed by atoms with Crippen LogP contribution in [-0.2, 0) is 4.74 Å². The molecule has 1 aromatic rings. The average Bonchev–Trinajstić information content (AvgIpc) is 2.13. The number of ether oxygens (including phenoxy) is 1. The Labute approximate surface area is 82.8 Å². The Morgan fingerprint density at radius 1 is 1.36 bits per heavy atom. The van der Waals surface area contributed by atoms with Crippen molar-refractivity contribution < 1.29 is 9.53 Å². The van der Waals surface area contributed by atoms with Crippen LogP contribution in [0, 0.1) is 6.92 Å². The van der Waals surface area contributed by atoms with E-state index in [1.165, 1.54) is 0 Å². The summed E-state index contributed by atoms with van der Waals surface area (Å²) < 4.78 is 4.83. The summed E-state index contributed by atoms with van der Waals surface area (Å²) >= 11 is 0. The van der Waals surface area contributed by atoms with Crippen molar-refractivity contribution in [3.8, 4) is 0 Å². The largest absolute Gasteiger partial charge is 0.462 e. The van der Waals surface area contributed by atoms with Gasteiger partial charge in [0.25, 0.3) is 0 Å². The number of nitrogens with two attached hydrogens (primary N) is 2. The maximum atomic E-state index is 11.3. The lowest BCUT2D eigenvalue weighted by Gasteiger charge is -2.07. The van der Waals surface area contributed by atoms with Gasteiger partial charge in [-0.2, -0.15) is 0 Å². The number of hydrogen-bond acceptors (Lipinski definition) is 4. The van der Waals surface area contributed by atoms with Gasteiger partial charge in [0.05, 0.1) is 12.2 Å². The fourth-order valence-corrected chi connectivity index (χ4v) is 1.09. The lowest BCUT2D eigenvalue weighted by atomic mass is 10.1. The molecule has 4 nitrogen and oxygen atoms in total. The minimum absolute atomic E-state index is 0.340. The average molecular weight is 194 g/mol. The number of benzene rings is 1. The molecule has 0 heterocycles. The number of nitrogen functional groups attached to an aromatic ring is 2. The summed E-state index contributed by atoms with van der Waals surface area (Å²) in [5.74, 6) is -0.397. The first-order valence-electron chi connectivity index (χ1n) is 4.39. The monoisotopic (exact) mass is 194 g/mol. The summed E-state index contributed by atoms with van der Waals surface area (Å²) in [6.45, 7) is 3.89. The molecule has 0 aliphatic rings. The van der Waals surface area contributed by atoms with Crippen LogP contribution in [0.2, 0.25) is 0 Å². The first-order valence-corrected chi connectivity index (χ1v) is 4.39. The molecule has 0 aliphatic carbocycles. The van der Waals surface area contributed by atoms with Crippen LogP contribution in [0.25, 0.3) is 0 Å². The standard InChI is InChI=1S/C10H14N2O2/c1-3-14-10(13)7-4-8(11)6(2)9(12)5-7/h4-5H,3,11-12H2,1-2H3. The van der Waals surface area contributed by atoms with Gasteiger partial charge in [-0.05, 0) is 31.5 Å². The summed E-state index contributed by atoms with van der Waals surface area (Å²) in [5.41, 5.74) is 13.5. The van der Waals surface area contributed by atoms with Crippen molar-refractivity contribution >= 4 is 17.3 Å². The van der Waals surface area contributed by atoms with Crippen LogP contribution in [-0.4, -0.2) is 12.6 Å². The third-order valence-electron chi connectivity index (χ3n) is 2.00. The maximum Gasteiger partial charge on any atom is 0.338 e. The van der Waals surface area contributed by atoms with Crippen LogP contribution in [0.15, 0.2) is 12.1 Å². The zero-order chi connectivity index (χ0) is 10.7. The predicted octanol–water partition coefficient (Wildman–Crippen LogP) is 1.34. The van der Waals surface area contributed by atoms with Gasteiger partial charge < -0.3 is 16.2 Å². The number of hydrogen-bond donors (Lipinski definition) is 2. The Morgan fingerprint density at radius 2 is 1.86 bits per heavy atom. The molecule has 1 rings (SSSR count). The number of carbonyl (C=O) groups excluding carboxylic acids is 1. The van der Waals surface area contributed by atoms with E-state index in [0.29, 0.717) is 23.5 Å². The highest BCUT2D eigenvalue weighted by Crippen LogP contribution is 2.21. The normalized spacial score (nSPS) is 9.86. The Morgan fingerprint density at radius 3 is 2.29 bits per heavy atom. The fraction of sp³-hybridized carbons (Fsp3) is 0.300. The molecule has 14 heavy (non-hydrogen) atoms. The van der Waals surface area contributed by atoms with Gasteiger partial charge >= 0.3 is 5.97 Å².